The zero-order valence-corrected chi connectivity index (χ0v) is 14.3. The third-order valence-corrected chi connectivity index (χ3v) is 4.83. The van der Waals surface area contributed by atoms with E-state index in [0.29, 0.717) is 18.0 Å². The Morgan fingerprint density at radius 2 is 1.83 bits per heavy atom. The molecule has 0 heterocycles. The number of hydrogen-bond acceptors (Lipinski definition) is 3. The summed E-state index contributed by atoms with van der Waals surface area (Å²) in [4.78, 5) is 12.4. The highest BCUT2D eigenvalue weighted by Gasteiger charge is 2.25. The molecule has 2 saturated carbocycles. The summed E-state index contributed by atoms with van der Waals surface area (Å²) < 4.78 is 5.70. The number of rotatable bonds is 6. The molecule has 1 aromatic rings. The van der Waals surface area contributed by atoms with Crippen molar-refractivity contribution in [3.8, 4) is 5.75 Å². The summed E-state index contributed by atoms with van der Waals surface area (Å²) in [5.74, 6) is 2.00. The van der Waals surface area contributed by atoms with Crippen LogP contribution in [0, 0.1) is 11.8 Å². The van der Waals surface area contributed by atoms with Gasteiger partial charge in [-0.1, -0.05) is 12.8 Å². The smallest absolute Gasteiger partial charge is 0.251 e. The fourth-order valence-electron chi connectivity index (χ4n) is 3.13. The van der Waals surface area contributed by atoms with Gasteiger partial charge in [0.25, 0.3) is 5.91 Å². The lowest BCUT2D eigenvalue weighted by atomic mass is 9.84. The van der Waals surface area contributed by atoms with Crippen LogP contribution in [0.4, 0.5) is 0 Å². The van der Waals surface area contributed by atoms with Crippen LogP contribution >= 0.6 is 12.4 Å². The average molecular weight is 339 g/mol. The molecule has 0 bridgehead atoms. The van der Waals surface area contributed by atoms with Crippen molar-refractivity contribution in [2.75, 3.05) is 13.2 Å². The maximum absolute atomic E-state index is 12.4. The van der Waals surface area contributed by atoms with Crippen molar-refractivity contribution in [1.29, 1.82) is 0 Å². The lowest BCUT2D eigenvalue weighted by molar-refractivity contribution is 0.0908. The van der Waals surface area contributed by atoms with Crippen molar-refractivity contribution >= 4 is 18.3 Å². The molecule has 2 aliphatic rings. The molecule has 1 amide bonds. The Labute approximate surface area is 144 Å². The van der Waals surface area contributed by atoms with Crippen molar-refractivity contribution < 1.29 is 9.53 Å². The molecule has 1 aromatic carbocycles. The van der Waals surface area contributed by atoms with Crippen molar-refractivity contribution in [2.45, 2.75) is 44.6 Å². The second kappa shape index (κ2) is 8.55. The first-order valence-electron chi connectivity index (χ1n) is 8.50. The van der Waals surface area contributed by atoms with Crippen LogP contribution < -0.4 is 15.8 Å². The molecule has 2 fully saturated rings. The van der Waals surface area contributed by atoms with Gasteiger partial charge in [0, 0.05) is 11.6 Å². The van der Waals surface area contributed by atoms with Crippen LogP contribution in [0.15, 0.2) is 24.3 Å². The summed E-state index contributed by atoms with van der Waals surface area (Å²) >= 11 is 0. The lowest BCUT2D eigenvalue weighted by Gasteiger charge is -2.31. The van der Waals surface area contributed by atoms with Crippen LogP contribution in [0.1, 0.15) is 48.9 Å². The van der Waals surface area contributed by atoms with E-state index in [1.807, 2.05) is 24.3 Å². The van der Waals surface area contributed by atoms with Crippen molar-refractivity contribution in [1.82, 2.24) is 5.32 Å². The second-order valence-corrected chi connectivity index (χ2v) is 6.64. The summed E-state index contributed by atoms with van der Waals surface area (Å²) in [5.41, 5.74) is 6.52. The first-order valence-corrected chi connectivity index (χ1v) is 8.50. The molecule has 2 unspecified atom stereocenters. The molecule has 2 aliphatic carbocycles. The number of benzene rings is 1. The molecule has 5 heteroatoms. The molecular weight excluding hydrogens is 312 g/mol. The molecule has 0 saturated heterocycles. The minimum atomic E-state index is -0.000840. The van der Waals surface area contributed by atoms with Gasteiger partial charge in [0.2, 0.25) is 0 Å². The predicted molar refractivity (Wildman–Crippen MR) is 94.2 cm³/mol. The summed E-state index contributed by atoms with van der Waals surface area (Å²) in [5, 5.41) is 3.16. The third kappa shape index (κ3) is 5.11. The SMILES string of the molecule is Cl.NCC1CCCCC1NC(=O)c1ccc(OCC2CC2)cc1. The quantitative estimate of drug-likeness (QED) is 0.837. The van der Waals surface area contributed by atoms with Gasteiger partial charge in [0.15, 0.2) is 0 Å². The van der Waals surface area contributed by atoms with E-state index in [1.54, 1.807) is 0 Å². The van der Waals surface area contributed by atoms with Gasteiger partial charge in [-0.3, -0.25) is 4.79 Å². The van der Waals surface area contributed by atoms with E-state index in [1.165, 1.54) is 25.7 Å². The largest absolute Gasteiger partial charge is 0.493 e. The molecule has 0 aromatic heterocycles. The van der Waals surface area contributed by atoms with E-state index < -0.39 is 0 Å². The minimum Gasteiger partial charge on any atom is -0.493 e. The first kappa shape index (κ1) is 18.1. The van der Waals surface area contributed by atoms with Crippen LogP contribution in [-0.4, -0.2) is 25.1 Å². The topological polar surface area (TPSA) is 64.3 Å². The number of nitrogens with one attached hydrogen (secondary N) is 1. The van der Waals surface area contributed by atoms with Crippen LogP contribution in [-0.2, 0) is 0 Å². The summed E-state index contributed by atoms with van der Waals surface area (Å²) in [6, 6.07) is 7.68. The number of nitrogens with two attached hydrogens (primary N) is 1. The number of halogens is 1. The maximum Gasteiger partial charge on any atom is 0.251 e. The molecule has 0 aliphatic heterocycles. The van der Waals surface area contributed by atoms with Gasteiger partial charge in [0.05, 0.1) is 6.61 Å². The number of carbonyl (C=O) groups excluding carboxylic acids is 1. The van der Waals surface area contributed by atoms with E-state index in [9.17, 15) is 4.79 Å². The zero-order chi connectivity index (χ0) is 15.4. The molecular formula is C18H27ClN2O2. The van der Waals surface area contributed by atoms with Crippen LogP contribution in [0.5, 0.6) is 5.75 Å². The lowest BCUT2D eigenvalue weighted by Crippen LogP contribution is -2.44. The van der Waals surface area contributed by atoms with E-state index in [2.05, 4.69) is 5.32 Å². The van der Waals surface area contributed by atoms with Gasteiger partial charge in [-0.15, -0.1) is 12.4 Å². The fraction of sp³-hybridized carbons (Fsp3) is 0.611. The predicted octanol–water partition coefficient (Wildman–Crippen LogP) is 3.14. The first-order chi connectivity index (χ1) is 10.8. The highest BCUT2D eigenvalue weighted by Crippen LogP contribution is 2.29. The van der Waals surface area contributed by atoms with Gasteiger partial charge < -0.3 is 15.8 Å². The Kier molecular flexibility index (Phi) is 6.72. The number of ether oxygens (including phenoxy) is 1. The van der Waals surface area contributed by atoms with Crippen LogP contribution in [0.25, 0.3) is 0 Å². The minimum absolute atomic E-state index is 0. The van der Waals surface area contributed by atoms with Gasteiger partial charge in [-0.05, 0) is 68.3 Å². The summed E-state index contributed by atoms with van der Waals surface area (Å²) in [6.07, 6.45) is 7.12. The Hall–Kier alpha value is -1.26. The maximum atomic E-state index is 12.4. The van der Waals surface area contributed by atoms with E-state index >= 15 is 0 Å². The molecule has 0 spiro atoms. The standard InChI is InChI=1S/C18H26N2O2.ClH/c19-11-15-3-1-2-4-17(15)20-18(21)14-7-9-16(10-8-14)22-12-13-5-6-13;/h7-10,13,15,17H,1-6,11-12,19H2,(H,20,21);1H. The van der Waals surface area contributed by atoms with Gasteiger partial charge in [-0.2, -0.15) is 0 Å². The van der Waals surface area contributed by atoms with Crippen LogP contribution in [0.2, 0.25) is 0 Å². The van der Waals surface area contributed by atoms with E-state index in [-0.39, 0.29) is 24.4 Å². The molecule has 4 nitrogen and oxygen atoms in total. The van der Waals surface area contributed by atoms with E-state index in [0.717, 1.165) is 31.1 Å². The van der Waals surface area contributed by atoms with Crippen LogP contribution in [0.3, 0.4) is 0 Å². The van der Waals surface area contributed by atoms with Gasteiger partial charge in [0.1, 0.15) is 5.75 Å². The Bertz CT molecular complexity index is 502. The van der Waals surface area contributed by atoms with Crippen molar-refractivity contribution in [3.63, 3.8) is 0 Å². The third-order valence-electron chi connectivity index (χ3n) is 4.83. The Morgan fingerprint density at radius 3 is 2.48 bits per heavy atom. The average Bonchev–Trinajstić information content (AvgIpc) is 3.38. The monoisotopic (exact) mass is 338 g/mol. The number of carbonyl (C=O) groups is 1. The molecule has 0 radical (unpaired) electrons. The highest BCUT2D eigenvalue weighted by atomic mass is 35.5. The second-order valence-electron chi connectivity index (χ2n) is 6.64. The highest BCUT2D eigenvalue weighted by molar-refractivity contribution is 5.94. The van der Waals surface area contributed by atoms with Gasteiger partial charge in [-0.25, -0.2) is 0 Å². The summed E-state index contributed by atoms with van der Waals surface area (Å²) in [7, 11) is 0. The number of amides is 1. The fourth-order valence-corrected chi connectivity index (χ4v) is 3.13. The van der Waals surface area contributed by atoms with E-state index in [4.69, 9.17) is 10.5 Å². The molecule has 128 valence electrons. The normalized spacial score (nSPS) is 23.7. The molecule has 23 heavy (non-hydrogen) atoms. The van der Waals surface area contributed by atoms with Crippen molar-refractivity contribution in [2.24, 2.45) is 17.6 Å². The Balaban J connectivity index is 0.00000192. The Morgan fingerprint density at radius 1 is 1.13 bits per heavy atom. The number of hydrogen-bond donors (Lipinski definition) is 2. The molecule has 2 atom stereocenters. The zero-order valence-electron chi connectivity index (χ0n) is 13.5. The molecule has 3 N–H and O–H groups in total. The van der Waals surface area contributed by atoms with Gasteiger partial charge >= 0.3 is 0 Å². The summed E-state index contributed by atoms with van der Waals surface area (Å²) in [6.45, 7) is 1.45. The molecule has 3 rings (SSSR count). The van der Waals surface area contributed by atoms with Crippen molar-refractivity contribution in [3.05, 3.63) is 29.8 Å².